The second-order valence-corrected chi connectivity index (χ2v) is 8.43. The predicted octanol–water partition coefficient (Wildman–Crippen LogP) is 5.34. The van der Waals surface area contributed by atoms with E-state index in [2.05, 4.69) is 20.6 Å². The van der Waals surface area contributed by atoms with E-state index in [1.165, 1.54) is 12.3 Å². The molecular formula is C27H27N5O3. The molecule has 0 radical (unpaired) electrons. The van der Waals surface area contributed by atoms with Crippen molar-refractivity contribution in [2.24, 2.45) is 0 Å². The number of aromatic nitrogens is 2. The second kappa shape index (κ2) is 10.8. The molecule has 3 aromatic rings. The van der Waals surface area contributed by atoms with Gasteiger partial charge in [0.05, 0.1) is 6.07 Å². The number of nitrogens with one attached hydrogen (secondary N) is 2. The lowest BCUT2D eigenvalue weighted by atomic mass is 10.1. The van der Waals surface area contributed by atoms with Gasteiger partial charge in [-0.1, -0.05) is 17.7 Å². The van der Waals surface area contributed by atoms with Crippen LogP contribution >= 0.6 is 0 Å². The molecule has 8 nitrogen and oxygen atoms in total. The number of aryl methyl sites for hydroxylation is 3. The van der Waals surface area contributed by atoms with Gasteiger partial charge in [0.25, 0.3) is 5.91 Å². The Morgan fingerprint density at radius 2 is 1.94 bits per heavy atom. The van der Waals surface area contributed by atoms with E-state index in [1.807, 2.05) is 63.2 Å². The summed E-state index contributed by atoms with van der Waals surface area (Å²) in [6, 6.07) is 13.6. The third-order valence-electron chi connectivity index (χ3n) is 5.56. The number of anilines is 2. The first-order valence-electron chi connectivity index (χ1n) is 11.4. The van der Waals surface area contributed by atoms with Crippen molar-refractivity contribution in [2.45, 2.75) is 39.8 Å². The summed E-state index contributed by atoms with van der Waals surface area (Å²) >= 11 is 0. The summed E-state index contributed by atoms with van der Waals surface area (Å²) in [6.45, 7) is 6.45. The first kappa shape index (κ1) is 23.9. The van der Waals surface area contributed by atoms with E-state index in [1.54, 1.807) is 6.08 Å². The highest BCUT2D eigenvalue weighted by Gasteiger charge is 2.23. The smallest absolute Gasteiger partial charge is 0.260 e. The van der Waals surface area contributed by atoms with Crippen molar-refractivity contribution in [1.29, 1.82) is 5.26 Å². The topological polar surface area (TPSA) is 109 Å². The maximum absolute atomic E-state index is 13.0. The average molecular weight is 470 g/mol. The minimum absolute atomic E-state index is 0.136. The molecule has 1 atom stereocenters. The predicted molar refractivity (Wildman–Crippen MR) is 134 cm³/mol. The van der Waals surface area contributed by atoms with Crippen molar-refractivity contribution in [3.63, 3.8) is 0 Å². The summed E-state index contributed by atoms with van der Waals surface area (Å²) in [6.07, 6.45) is 5.93. The maximum Gasteiger partial charge on any atom is 0.260 e. The highest BCUT2D eigenvalue weighted by Crippen LogP contribution is 2.32. The van der Waals surface area contributed by atoms with Crippen LogP contribution in [0.4, 0.5) is 11.6 Å². The van der Waals surface area contributed by atoms with Crippen LogP contribution in [0.3, 0.4) is 0 Å². The first-order valence-corrected chi connectivity index (χ1v) is 11.4. The van der Waals surface area contributed by atoms with Crippen molar-refractivity contribution >= 4 is 23.6 Å². The van der Waals surface area contributed by atoms with Crippen LogP contribution in [-0.4, -0.2) is 28.7 Å². The van der Waals surface area contributed by atoms with Gasteiger partial charge in [-0.05, 0) is 80.6 Å². The number of carbonyl (C=O) groups is 1. The minimum atomic E-state index is -0.363. The van der Waals surface area contributed by atoms with Gasteiger partial charge in [-0.2, -0.15) is 10.2 Å². The number of allylic oxidation sites excluding steroid dienone is 1. The quantitative estimate of drug-likeness (QED) is 0.450. The number of benzene rings is 2. The molecule has 0 spiro atoms. The van der Waals surface area contributed by atoms with Crippen LogP contribution in [0, 0.1) is 32.1 Å². The third-order valence-corrected chi connectivity index (χ3v) is 5.56. The molecule has 1 amide bonds. The number of amides is 1. The van der Waals surface area contributed by atoms with Gasteiger partial charge in [0, 0.05) is 24.6 Å². The van der Waals surface area contributed by atoms with Crippen LogP contribution in [0.25, 0.3) is 6.08 Å². The molecule has 2 aromatic carbocycles. The Bertz CT molecular complexity index is 1270. The average Bonchev–Trinajstić information content (AvgIpc) is 3.34. The standard InChI is InChI=1S/C27H27N5O3/c1-17-8-10-21(11-9-17)30-27-29-16-22(25(33)31-23-7-5-13-34-23)26(32-27)35-24-18(2)14-20(6-4-12-28)15-19(24)3/h4,6,8-11,14-16,23H,5,7,13H2,1-3H3,(H,31,33)(H,29,30,32)/b6-4+. The van der Waals surface area contributed by atoms with Crippen molar-refractivity contribution in [3.05, 3.63) is 76.5 Å². The molecule has 1 fully saturated rings. The number of hydrogen-bond acceptors (Lipinski definition) is 7. The number of nitrogens with zero attached hydrogens (tertiary/aromatic N) is 3. The first-order chi connectivity index (χ1) is 16.9. The van der Waals surface area contributed by atoms with Gasteiger partial charge in [-0.3, -0.25) is 4.79 Å². The molecule has 1 unspecified atom stereocenters. The third kappa shape index (κ3) is 6.02. The van der Waals surface area contributed by atoms with Gasteiger partial charge in [0.2, 0.25) is 11.8 Å². The van der Waals surface area contributed by atoms with Crippen LogP contribution in [0.5, 0.6) is 11.6 Å². The summed E-state index contributed by atoms with van der Waals surface area (Å²) in [5.74, 6) is 0.668. The van der Waals surface area contributed by atoms with Crippen LogP contribution in [0.15, 0.2) is 48.7 Å². The van der Waals surface area contributed by atoms with Crippen LogP contribution < -0.4 is 15.4 Å². The Hall–Kier alpha value is -4.22. The molecule has 2 N–H and O–H groups in total. The Balaban J connectivity index is 1.67. The van der Waals surface area contributed by atoms with Crippen LogP contribution in [0.1, 0.15) is 45.5 Å². The zero-order chi connectivity index (χ0) is 24.8. The molecule has 8 heteroatoms. The SMILES string of the molecule is Cc1ccc(Nc2ncc(C(=O)NC3CCCO3)c(Oc3c(C)cc(/C=C/C#N)cc3C)n2)cc1. The molecule has 0 bridgehead atoms. The fraction of sp³-hybridized carbons (Fsp3) is 0.259. The van der Waals surface area contributed by atoms with Crippen LogP contribution in [0.2, 0.25) is 0 Å². The molecule has 1 aliphatic rings. The summed E-state index contributed by atoms with van der Waals surface area (Å²) in [4.78, 5) is 21.9. The fourth-order valence-corrected chi connectivity index (χ4v) is 3.81. The lowest BCUT2D eigenvalue weighted by Crippen LogP contribution is -2.34. The van der Waals surface area contributed by atoms with Crippen molar-refractivity contribution in [3.8, 4) is 17.7 Å². The van der Waals surface area contributed by atoms with E-state index in [0.29, 0.717) is 18.3 Å². The van der Waals surface area contributed by atoms with Gasteiger partial charge >= 0.3 is 0 Å². The zero-order valence-electron chi connectivity index (χ0n) is 20.0. The van der Waals surface area contributed by atoms with E-state index in [4.69, 9.17) is 14.7 Å². The molecule has 35 heavy (non-hydrogen) atoms. The monoisotopic (exact) mass is 469 g/mol. The lowest BCUT2D eigenvalue weighted by molar-refractivity contribution is 0.0637. The zero-order valence-corrected chi connectivity index (χ0v) is 20.0. The fourth-order valence-electron chi connectivity index (χ4n) is 3.81. The van der Waals surface area contributed by atoms with Gasteiger partial charge in [-0.15, -0.1) is 0 Å². The molecule has 1 aromatic heterocycles. The minimum Gasteiger partial charge on any atom is -0.437 e. The molecule has 2 heterocycles. The van der Waals surface area contributed by atoms with Gasteiger partial charge < -0.3 is 20.1 Å². The number of hydrogen-bond donors (Lipinski definition) is 2. The summed E-state index contributed by atoms with van der Waals surface area (Å²) < 4.78 is 11.8. The Morgan fingerprint density at radius 3 is 2.60 bits per heavy atom. The van der Waals surface area contributed by atoms with Gasteiger partial charge in [0.15, 0.2) is 0 Å². The molecule has 178 valence electrons. The molecular weight excluding hydrogens is 442 g/mol. The maximum atomic E-state index is 13.0. The lowest BCUT2D eigenvalue weighted by Gasteiger charge is -2.17. The Kier molecular flexibility index (Phi) is 7.38. The van der Waals surface area contributed by atoms with Crippen molar-refractivity contribution in [1.82, 2.24) is 15.3 Å². The second-order valence-electron chi connectivity index (χ2n) is 8.43. The van der Waals surface area contributed by atoms with Crippen molar-refractivity contribution < 1.29 is 14.3 Å². The molecule has 0 aliphatic carbocycles. The highest BCUT2D eigenvalue weighted by molar-refractivity contribution is 5.96. The van der Waals surface area contributed by atoms with E-state index in [9.17, 15) is 4.79 Å². The van der Waals surface area contributed by atoms with Crippen LogP contribution in [-0.2, 0) is 4.74 Å². The number of nitriles is 1. The largest absolute Gasteiger partial charge is 0.437 e. The van der Waals surface area contributed by atoms with E-state index in [0.717, 1.165) is 40.8 Å². The number of ether oxygens (including phenoxy) is 2. The van der Waals surface area contributed by atoms with E-state index >= 15 is 0 Å². The van der Waals surface area contributed by atoms with E-state index < -0.39 is 0 Å². The highest BCUT2D eigenvalue weighted by atomic mass is 16.5. The van der Waals surface area contributed by atoms with Gasteiger partial charge in [-0.25, -0.2) is 4.98 Å². The molecule has 4 rings (SSSR count). The van der Waals surface area contributed by atoms with E-state index in [-0.39, 0.29) is 23.6 Å². The van der Waals surface area contributed by atoms with Crippen molar-refractivity contribution in [2.75, 3.05) is 11.9 Å². The number of carbonyl (C=O) groups excluding carboxylic acids is 1. The summed E-state index contributed by atoms with van der Waals surface area (Å²) in [5.41, 5.74) is 4.75. The number of rotatable bonds is 7. The molecule has 1 aliphatic heterocycles. The Morgan fingerprint density at radius 1 is 1.20 bits per heavy atom. The molecule has 0 saturated carbocycles. The molecule has 1 saturated heterocycles. The van der Waals surface area contributed by atoms with Gasteiger partial charge in [0.1, 0.15) is 17.5 Å². The Labute approximate surface area is 204 Å². The summed E-state index contributed by atoms with van der Waals surface area (Å²) in [5, 5.41) is 14.9. The normalized spacial score (nSPS) is 15.1. The summed E-state index contributed by atoms with van der Waals surface area (Å²) in [7, 11) is 0.